The Morgan fingerprint density at radius 2 is 2.33 bits per heavy atom. The summed E-state index contributed by atoms with van der Waals surface area (Å²) in [6, 6.07) is 0. The van der Waals surface area contributed by atoms with Crippen LogP contribution in [0.5, 0.6) is 0 Å². The second-order valence-electron chi connectivity index (χ2n) is 2.26. The minimum Gasteiger partial charge on any atom is -0.376 e. The fourth-order valence-electron chi connectivity index (χ4n) is 0.419. The van der Waals surface area contributed by atoms with Crippen molar-refractivity contribution in [1.29, 1.82) is 0 Å². The molecule has 2 nitrogen and oxygen atoms in total. The molecule has 0 bridgehead atoms. The average Bonchev–Trinajstić information content (AvgIpc) is 1.83. The molecule has 0 unspecified atom stereocenters. The molecule has 0 saturated heterocycles. The fraction of sp³-hybridized carbons (Fsp3) is 0.833. The summed E-state index contributed by atoms with van der Waals surface area (Å²) in [4.78, 5) is 0. The van der Waals surface area contributed by atoms with E-state index in [0.717, 1.165) is 13.0 Å². The van der Waals surface area contributed by atoms with Crippen molar-refractivity contribution in [3.8, 4) is 0 Å². The van der Waals surface area contributed by atoms with Crippen molar-refractivity contribution in [3.63, 3.8) is 0 Å². The van der Waals surface area contributed by atoms with Crippen LogP contribution in [0.4, 0.5) is 0 Å². The molecule has 0 fully saturated rings. The normalized spacial score (nSPS) is 12.7. The monoisotopic (exact) mass is 146 g/mol. The van der Waals surface area contributed by atoms with Crippen LogP contribution in [0.1, 0.15) is 20.3 Å². The first-order valence-corrected chi connectivity index (χ1v) is 3.61. The maximum absolute atomic E-state index is 5.22. The number of nitrogens with two attached hydrogens (primary N) is 1. The Balaban J connectivity index is 3.16. The summed E-state index contributed by atoms with van der Waals surface area (Å²) in [5.74, 6) is 0.659. The van der Waals surface area contributed by atoms with Crippen molar-refractivity contribution < 1.29 is 0 Å². The van der Waals surface area contributed by atoms with E-state index < -0.39 is 0 Å². The zero-order valence-electron chi connectivity index (χ0n) is 5.98. The van der Waals surface area contributed by atoms with Crippen molar-refractivity contribution in [2.45, 2.75) is 20.3 Å². The van der Waals surface area contributed by atoms with Gasteiger partial charge in [0.15, 0.2) is 5.11 Å². The Hall–Kier alpha value is -0.310. The van der Waals surface area contributed by atoms with Crippen molar-refractivity contribution in [1.82, 2.24) is 5.32 Å². The van der Waals surface area contributed by atoms with E-state index in [1.807, 2.05) is 0 Å². The molecule has 0 saturated carbocycles. The second kappa shape index (κ2) is 4.56. The summed E-state index contributed by atoms with van der Waals surface area (Å²) in [7, 11) is 0. The number of hydrogen-bond acceptors (Lipinski definition) is 1. The van der Waals surface area contributed by atoms with Crippen molar-refractivity contribution in [3.05, 3.63) is 0 Å². The van der Waals surface area contributed by atoms with Gasteiger partial charge in [-0.05, 0) is 18.1 Å². The summed E-state index contributed by atoms with van der Waals surface area (Å²) in [6.45, 7) is 5.20. The lowest BCUT2D eigenvalue weighted by atomic mass is 10.1. The Kier molecular flexibility index (Phi) is 4.40. The van der Waals surface area contributed by atoms with Gasteiger partial charge in [-0.15, -0.1) is 0 Å². The van der Waals surface area contributed by atoms with E-state index in [1.165, 1.54) is 0 Å². The van der Waals surface area contributed by atoms with Gasteiger partial charge >= 0.3 is 0 Å². The lowest BCUT2D eigenvalue weighted by Gasteiger charge is -2.08. The first-order valence-electron chi connectivity index (χ1n) is 3.20. The highest BCUT2D eigenvalue weighted by Gasteiger charge is 1.96. The molecule has 0 amide bonds. The Labute approximate surface area is 61.8 Å². The van der Waals surface area contributed by atoms with Gasteiger partial charge in [0.05, 0.1) is 0 Å². The lowest BCUT2D eigenvalue weighted by Crippen LogP contribution is -2.32. The summed E-state index contributed by atoms with van der Waals surface area (Å²) in [5.41, 5.74) is 5.22. The smallest absolute Gasteiger partial charge is 0.163 e. The molecule has 0 aromatic rings. The van der Waals surface area contributed by atoms with Crippen LogP contribution >= 0.6 is 12.2 Å². The van der Waals surface area contributed by atoms with Gasteiger partial charge < -0.3 is 11.1 Å². The van der Waals surface area contributed by atoms with Crippen LogP contribution in [-0.4, -0.2) is 11.7 Å². The molecule has 3 heteroatoms. The van der Waals surface area contributed by atoms with Crippen LogP contribution in [0.3, 0.4) is 0 Å². The zero-order valence-corrected chi connectivity index (χ0v) is 6.79. The van der Waals surface area contributed by atoms with E-state index in [1.54, 1.807) is 0 Å². The van der Waals surface area contributed by atoms with E-state index in [0.29, 0.717) is 11.0 Å². The first kappa shape index (κ1) is 8.69. The standard InChI is InChI=1S/C6H14N2S/c1-3-5(2)4-8-6(7)9/h5H,3-4H2,1-2H3,(H3,7,8,9)/t5-/m1/s1. The van der Waals surface area contributed by atoms with Gasteiger partial charge in [0.25, 0.3) is 0 Å². The van der Waals surface area contributed by atoms with Gasteiger partial charge in [-0.2, -0.15) is 0 Å². The van der Waals surface area contributed by atoms with Gasteiger partial charge in [0.2, 0.25) is 0 Å². The lowest BCUT2D eigenvalue weighted by molar-refractivity contribution is 0.549. The van der Waals surface area contributed by atoms with Gasteiger partial charge in [-0.1, -0.05) is 20.3 Å². The molecule has 0 aliphatic rings. The molecule has 54 valence electrons. The summed E-state index contributed by atoms with van der Waals surface area (Å²) in [5, 5.41) is 3.30. The van der Waals surface area contributed by atoms with Crippen LogP contribution < -0.4 is 11.1 Å². The Morgan fingerprint density at radius 1 is 1.78 bits per heavy atom. The van der Waals surface area contributed by atoms with Crippen molar-refractivity contribution in [2.75, 3.05) is 6.54 Å². The largest absolute Gasteiger partial charge is 0.376 e. The SMILES string of the molecule is CC[C@@H](C)CNC(N)=S. The third kappa shape index (κ3) is 5.56. The van der Waals surface area contributed by atoms with Crippen LogP contribution in [-0.2, 0) is 0 Å². The maximum Gasteiger partial charge on any atom is 0.163 e. The third-order valence-electron chi connectivity index (χ3n) is 1.32. The van der Waals surface area contributed by atoms with Gasteiger partial charge in [0, 0.05) is 6.54 Å². The van der Waals surface area contributed by atoms with Crippen LogP contribution in [0.25, 0.3) is 0 Å². The summed E-state index contributed by atoms with van der Waals surface area (Å²) in [6.07, 6.45) is 1.16. The maximum atomic E-state index is 5.22. The van der Waals surface area contributed by atoms with Crippen molar-refractivity contribution >= 4 is 17.3 Å². The molecule has 0 spiro atoms. The summed E-state index contributed by atoms with van der Waals surface area (Å²) < 4.78 is 0. The molecule has 0 rings (SSSR count). The number of hydrogen-bond donors (Lipinski definition) is 2. The molecule has 1 atom stereocenters. The van der Waals surface area contributed by atoms with E-state index in [4.69, 9.17) is 5.73 Å². The first-order chi connectivity index (χ1) is 4.16. The Morgan fingerprint density at radius 3 is 2.67 bits per heavy atom. The molecule has 0 aliphatic heterocycles. The van der Waals surface area contributed by atoms with Crippen molar-refractivity contribution in [2.24, 2.45) is 11.7 Å². The molecule has 9 heavy (non-hydrogen) atoms. The predicted molar refractivity (Wildman–Crippen MR) is 44.2 cm³/mol. The minimum absolute atomic E-state index is 0.398. The van der Waals surface area contributed by atoms with Gasteiger partial charge in [-0.25, -0.2) is 0 Å². The molecule has 0 radical (unpaired) electrons. The number of thiocarbonyl (C=S) groups is 1. The van der Waals surface area contributed by atoms with E-state index in [9.17, 15) is 0 Å². The van der Waals surface area contributed by atoms with Crippen LogP contribution in [0.15, 0.2) is 0 Å². The molecule has 3 N–H and O–H groups in total. The number of nitrogens with one attached hydrogen (secondary N) is 1. The average molecular weight is 146 g/mol. The van der Waals surface area contributed by atoms with Crippen LogP contribution in [0, 0.1) is 5.92 Å². The predicted octanol–water partition coefficient (Wildman–Crippen LogP) is 0.866. The second-order valence-corrected chi connectivity index (χ2v) is 2.70. The molecule has 0 aromatic heterocycles. The van der Waals surface area contributed by atoms with E-state index in [2.05, 4.69) is 31.4 Å². The molecule has 0 aliphatic carbocycles. The minimum atomic E-state index is 0.398. The van der Waals surface area contributed by atoms with E-state index in [-0.39, 0.29) is 0 Å². The van der Waals surface area contributed by atoms with Gasteiger partial charge in [0.1, 0.15) is 0 Å². The highest BCUT2D eigenvalue weighted by Crippen LogP contribution is 1.96. The molecular weight excluding hydrogens is 132 g/mol. The topological polar surface area (TPSA) is 38.0 Å². The molecule has 0 aromatic carbocycles. The zero-order chi connectivity index (χ0) is 7.28. The molecular formula is C6H14N2S. The quantitative estimate of drug-likeness (QED) is 0.580. The summed E-state index contributed by atoms with van der Waals surface area (Å²) >= 11 is 4.63. The highest BCUT2D eigenvalue weighted by atomic mass is 32.1. The van der Waals surface area contributed by atoms with Gasteiger partial charge in [-0.3, -0.25) is 0 Å². The number of rotatable bonds is 3. The molecule has 0 heterocycles. The third-order valence-corrected chi connectivity index (χ3v) is 1.47. The fourth-order valence-corrected chi connectivity index (χ4v) is 0.502. The van der Waals surface area contributed by atoms with Crippen LogP contribution in [0.2, 0.25) is 0 Å². The highest BCUT2D eigenvalue weighted by molar-refractivity contribution is 7.80. The Bertz CT molecular complexity index is 93.1. The van der Waals surface area contributed by atoms with E-state index >= 15 is 0 Å².